The van der Waals surface area contributed by atoms with Gasteiger partial charge in [-0.2, -0.15) is 0 Å². The Morgan fingerprint density at radius 1 is 1.17 bits per heavy atom. The third-order valence-corrected chi connectivity index (χ3v) is 3.67. The van der Waals surface area contributed by atoms with Crippen molar-refractivity contribution >= 4 is 5.78 Å². The van der Waals surface area contributed by atoms with Crippen LogP contribution in [0.4, 0.5) is 0 Å². The van der Waals surface area contributed by atoms with Crippen molar-refractivity contribution in [2.45, 2.75) is 39.0 Å². The van der Waals surface area contributed by atoms with Gasteiger partial charge in [0.2, 0.25) is 0 Å². The highest BCUT2D eigenvalue weighted by atomic mass is 16.1. The fourth-order valence-electron chi connectivity index (χ4n) is 2.56. The molecule has 0 aliphatic carbocycles. The van der Waals surface area contributed by atoms with Crippen molar-refractivity contribution < 1.29 is 4.79 Å². The summed E-state index contributed by atoms with van der Waals surface area (Å²) in [6.45, 7) is 5.44. The molecule has 1 aliphatic heterocycles. The highest BCUT2D eigenvalue weighted by Gasteiger charge is 2.13. The van der Waals surface area contributed by atoms with E-state index in [1.807, 2.05) is 12.1 Å². The predicted octanol–water partition coefficient (Wildman–Crippen LogP) is 3.31. The number of nitrogens with zero attached hydrogens (tertiary/aromatic N) is 1. The van der Waals surface area contributed by atoms with Crippen LogP contribution in [0.1, 0.15) is 48.5 Å². The first kappa shape index (κ1) is 13.3. The summed E-state index contributed by atoms with van der Waals surface area (Å²) in [7, 11) is 0. The summed E-state index contributed by atoms with van der Waals surface area (Å²) in [4.78, 5) is 14.4. The predicted molar refractivity (Wildman–Crippen MR) is 75.1 cm³/mol. The van der Waals surface area contributed by atoms with E-state index in [0.717, 1.165) is 24.9 Å². The normalized spacial score (nSPS) is 16.1. The Balaban J connectivity index is 1.83. The van der Waals surface area contributed by atoms with Gasteiger partial charge in [-0.05, 0) is 37.9 Å². The highest BCUT2D eigenvalue weighted by Crippen LogP contribution is 2.11. The van der Waals surface area contributed by atoms with Gasteiger partial charge in [0.05, 0.1) is 0 Å². The van der Waals surface area contributed by atoms with Gasteiger partial charge in [0.1, 0.15) is 0 Å². The van der Waals surface area contributed by atoms with Crippen molar-refractivity contribution in [3.63, 3.8) is 0 Å². The van der Waals surface area contributed by atoms with Crippen LogP contribution in [0.25, 0.3) is 0 Å². The molecule has 0 bridgehead atoms. The number of hydrogen-bond acceptors (Lipinski definition) is 2. The maximum absolute atomic E-state index is 12.0. The van der Waals surface area contributed by atoms with Crippen molar-refractivity contribution in [2.75, 3.05) is 19.6 Å². The fraction of sp³-hybridized carbons (Fsp3) is 0.562. The summed E-state index contributed by atoms with van der Waals surface area (Å²) in [5.74, 6) is 0.282. The second kappa shape index (κ2) is 6.69. The maximum Gasteiger partial charge on any atom is 0.164 e. The molecule has 2 heteroatoms. The van der Waals surface area contributed by atoms with Gasteiger partial charge in [0.15, 0.2) is 5.78 Å². The molecule has 0 aromatic heterocycles. The summed E-state index contributed by atoms with van der Waals surface area (Å²) in [5, 5.41) is 0. The first-order valence-electron chi connectivity index (χ1n) is 7.14. The average molecular weight is 245 g/mol. The Labute approximate surface area is 110 Å². The quantitative estimate of drug-likeness (QED) is 0.717. The Bertz CT molecular complexity index is 377. The molecule has 98 valence electrons. The lowest BCUT2D eigenvalue weighted by molar-refractivity contribution is 0.0969. The van der Waals surface area contributed by atoms with E-state index >= 15 is 0 Å². The Morgan fingerprint density at radius 2 is 1.83 bits per heavy atom. The lowest BCUT2D eigenvalue weighted by Crippen LogP contribution is -2.22. The minimum atomic E-state index is 0.282. The van der Waals surface area contributed by atoms with Gasteiger partial charge < -0.3 is 4.90 Å². The number of ketones is 1. The standard InChI is InChI=1S/C16H23NO/c1-2-5-14-6-8-15(9-7-14)16(18)10-13-17-11-3-4-12-17/h6-9H,2-5,10-13H2,1H3. The van der Waals surface area contributed by atoms with E-state index in [1.165, 1.54) is 31.5 Å². The molecule has 1 aliphatic rings. The number of rotatable bonds is 6. The van der Waals surface area contributed by atoms with E-state index in [1.54, 1.807) is 0 Å². The molecule has 1 aromatic carbocycles. The second-order valence-corrected chi connectivity index (χ2v) is 5.17. The van der Waals surface area contributed by atoms with Gasteiger partial charge in [-0.3, -0.25) is 4.79 Å². The highest BCUT2D eigenvalue weighted by molar-refractivity contribution is 5.96. The molecule has 1 aromatic rings. The monoisotopic (exact) mass is 245 g/mol. The van der Waals surface area contributed by atoms with Gasteiger partial charge in [0.25, 0.3) is 0 Å². The van der Waals surface area contributed by atoms with E-state index in [2.05, 4.69) is 24.0 Å². The Kier molecular flexibility index (Phi) is 4.94. The summed E-state index contributed by atoms with van der Waals surface area (Å²) in [6, 6.07) is 8.15. The lowest BCUT2D eigenvalue weighted by atomic mass is 10.0. The molecular formula is C16H23NO. The molecule has 1 heterocycles. The summed E-state index contributed by atoms with van der Waals surface area (Å²) >= 11 is 0. The molecule has 2 rings (SSSR count). The van der Waals surface area contributed by atoms with Crippen LogP contribution in [0.15, 0.2) is 24.3 Å². The topological polar surface area (TPSA) is 20.3 Å². The van der Waals surface area contributed by atoms with Crippen LogP contribution in [0, 0.1) is 0 Å². The van der Waals surface area contributed by atoms with Crippen LogP contribution >= 0.6 is 0 Å². The van der Waals surface area contributed by atoms with Crippen LogP contribution in [0.3, 0.4) is 0 Å². The molecule has 0 atom stereocenters. The molecule has 1 saturated heterocycles. The van der Waals surface area contributed by atoms with Gasteiger partial charge >= 0.3 is 0 Å². The van der Waals surface area contributed by atoms with Crippen molar-refractivity contribution in [3.8, 4) is 0 Å². The van der Waals surface area contributed by atoms with Crippen LogP contribution in [-0.2, 0) is 6.42 Å². The minimum absolute atomic E-state index is 0.282. The van der Waals surface area contributed by atoms with Crippen molar-refractivity contribution in [3.05, 3.63) is 35.4 Å². The van der Waals surface area contributed by atoms with E-state index in [4.69, 9.17) is 0 Å². The zero-order chi connectivity index (χ0) is 12.8. The zero-order valence-electron chi connectivity index (χ0n) is 11.3. The number of carbonyl (C=O) groups is 1. The summed E-state index contributed by atoms with van der Waals surface area (Å²) in [6.07, 6.45) is 5.50. The number of aryl methyl sites for hydroxylation is 1. The second-order valence-electron chi connectivity index (χ2n) is 5.17. The molecule has 0 N–H and O–H groups in total. The van der Waals surface area contributed by atoms with Gasteiger partial charge in [-0.25, -0.2) is 0 Å². The molecule has 0 spiro atoms. The zero-order valence-corrected chi connectivity index (χ0v) is 11.3. The number of likely N-dealkylation sites (tertiary alicyclic amines) is 1. The molecule has 1 fully saturated rings. The Morgan fingerprint density at radius 3 is 2.44 bits per heavy atom. The van der Waals surface area contributed by atoms with Crippen LogP contribution in [-0.4, -0.2) is 30.3 Å². The molecule has 18 heavy (non-hydrogen) atoms. The third kappa shape index (κ3) is 3.67. The smallest absolute Gasteiger partial charge is 0.164 e. The number of benzene rings is 1. The first-order chi connectivity index (χ1) is 8.79. The molecule has 0 saturated carbocycles. The molecule has 2 nitrogen and oxygen atoms in total. The van der Waals surface area contributed by atoms with E-state index in [9.17, 15) is 4.79 Å². The SMILES string of the molecule is CCCc1ccc(C(=O)CCN2CCCC2)cc1. The van der Waals surface area contributed by atoms with Crippen molar-refractivity contribution in [1.82, 2.24) is 4.90 Å². The third-order valence-electron chi connectivity index (χ3n) is 3.67. The van der Waals surface area contributed by atoms with Gasteiger partial charge in [0, 0.05) is 18.5 Å². The lowest BCUT2D eigenvalue weighted by Gasteiger charge is -2.13. The van der Waals surface area contributed by atoms with Crippen LogP contribution in [0.2, 0.25) is 0 Å². The van der Waals surface area contributed by atoms with Crippen LogP contribution < -0.4 is 0 Å². The van der Waals surface area contributed by atoms with Gasteiger partial charge in [-0.1, -0.05) is 37.6 Å². The molecule has 0 amide bonds. The fourth-order valence-corrected chi connectivity index (χ4v) is 2.56. The first-order valence-corrected chi connectivity index (χ1v) is 7.14. The maximum atomic E-state index is 12.0. The van der Waals surface area contributed by atoms with E-state index in [-0.39, 0.29) is 5.78 Å². The van der Waals surface area contributed by atoms with Crippen LogP contribution in [0.5, 0.6) is 0 Å². The van der Waals surface area contributed by atoms with E-state index in [0.29, 0.717) is 6.42 Å². The van der Waals surface area contributed by atoms with Gasteiger partial charge in [-0.15, -0.1) is 0 Å². The van der Waals surface area contributed by atoms with Crippen molar-refractivity contribution in [1.29, 1.82) is 0 Å². The summed E-state index contributed by atoms with van der Waals surface area (Å²) < 4.78 is 0. The number of carbonyl (C=O) groups excluding carboxylic acids is 1. The number of hydrogen-bond donors (Lipinski definition) is 0. The summed E-state index contributed by atoms with van der Waals surface area (Å²) in [5.41, 5.74) is 2.20. The van der Waals surface area contributed by atoms with Crippen molar-refractivity contribution in [2.24, 2.45) is 0 Å². The van der Waals surface area contributed by atoms with E-state index < -0.39 is 0 Å². The molecular weight excluding hydrogens is 222 g/mol. The molecule has 0 radical (unpaired) electrons. The Hall–Kier alpha value is -1.15. The number of Topliss-reactive ketones (excluding diaryl/α,β-unsaturated/α-hetero) is 1. The molecule has 0 unspecified atom stereocenters. The largest absolute Gasteiger partial charge is 0.303 e. The minimum Gasteiger partial charge on any atom is -0.303 e. The average Bonchev–Trinajstić information content (AvgIpc) is 2.90.